The number of rotatable bonds is 9. The van der Waals surface area contributed by atoms with Crippen LogP contribution in [0, 0.1) is 5.92 Å². The van der Waals surface area contributed by atoms with Gasteiger partial charge in [-0.1, -0.05) is 13.3 Å². The molecule has 20 heavy (non-hydrogen) atoms. The first kappa shape index (κ1) is 16.6. The number of aromatic nitrogens is 1. The summed E-state index contributed by atoms with van der Waals surface area (Å²) in [7, 11) is 1.35. The van der Waals surface area contributed by atoms with Gasteiger partial charge in [0.15, 0.2) is 0 Å². The number of esters is 1. The van der Waals surface area contributed by atoms with E-state index in [1.807, 2.05) is 6.07 Å². The molecule has 0 aliphatic rings. The van der Waals surface area contributed by atoms with E-state index < -0.39 is 0 Å². The highest BCUT2D eigenvalue weighted by Crippen LogP contribution is 2.09. The Morgan fingerprint density at radius 2 is 2.25 bits per heavy atom. The smallest absolute Gasteiger partial charge is 0.339 e. The van der Waals surface area contributed by atoms with Crippen LogP contribution in [0.25, 0.3) is 0 Å². The zero-order valence-electron chi connectivity index (χ0n) is 12.3. The van der Waals surface area contributed by atoms with Crippen molar-refractivity contribution in [3.05, 3.63) is 29.6 Å². The summed E-state index contributed by atoms with van der Waals surface area (Å²) in [5.41, 5.74) is 1.34. The number of aliphatic hydroxyl groups excluding tert-OH is 1. The molecule has 5 nitrogen and oxygen atoms in total. The van der Waals surface area contributed by atoms with Gasteiger partial charge in [0.2, 0.25) is 0 Å². The van der Waals surface area contributed by atoms with Crippen molar-refractivity contribution in [2.75, 3.05) is 20.3 Å². The Bertz CT molecular complexity index is 387. The minimum atomic E-state index is -0.372. The Hall–Kier alpha value is -1.46. The summed E-state index contributed by atoms with van der Waals surface area (Å²) in [6, 6.07) is 3.53. The van der Waals surface area contributed by atoms with Crippen LogP contribution < -0.4 is 5.32 Å². The second-order valence-corrected chi connectivity index (χ2v) is 4.83. The van der Waals surface area contributed by atoms with E-state index in [2.05, 4.69) is 22.0 Å². The van der Waals surface area contributed by atoms with Gasteiger partial charge in [-0.3, -0.25) is 4.98 Å². The van der Waals surface area contributed by atoms with E-state index in [9.17, 15) is 4.79 Å². The van der Waals surface area contributed by atoms with Crippen molar-refractivity contribution in [3.8, 4) is 0 Å². The van der Waals surface area contributed by atoms with Gasteiger partial charge in [-0.2, -0.15) is 0 Å². The van der Waals surface area contributed by atoms with Crippen molar-refractivity contribution in [1.29, 1.82) is 0 Å². The summed E-state index contributed by atoms with van der Waals surface area (Å²) in [6.07, 6.45) is 4.59. The van der Waals surface area contributed by atoms with Crippen LogP contribution in [0.2, 0.25) is 0 Å². The van der Waals surface area contributed by atoms with Crippen LogP contribution in [0.1, 0.15) is 42.2 Å². The van der Waals surface area contributed by atoms with E-state index >= 15 is 0 Å². The molecular weight excluding hydrogens is 256 g/mol. The molecule has 112 valence electrons. The van der Waals surface area contributed by atoms with Gasteiger partial charge in [-0.15, -0.1) is 0 Å². The number of pyridine rings is 1. The largest absolute Gasteiger partial charge is 0.465 e. The van der Waals surface area contributed by atoms with E-state index in [0.29, 0.717) is 18.0 Å². The normalized spacial score (nSPS) is 12.2. The van der Waals surface area contributed by atoms with Crippen molar-refractivity contribution >= 4 is 5.97 Å². The zero-order valence-corrected chi connectivity index (χ0v) is 12.3. The number of nitrogens with one attached hydrogen (secondary N) is 1. The number of carbonyl (C=O) groups excluding carboxylic acids is 1. The lowest BCUT2D eigenvalue weighted by atomic mass is 10.0. The highest BCUT2D eigenvalue weighted by atomic mass is 16.5. The van der Waals surface area contributed by atoms with Gasteiger partial charge >= 0.3 is 5.97 Å². The van der Waals surface area contributed by atoms with Gasteiger partial charge in [0.25, 0.3) is 0 Å². The lowest BCUT2D eigenvalue weighted by Crippen LogP contribution is -2.23. The highest BCUT2D eigenvalue weighted by Gasteiger charge is 2.08. The van der Waals surface area contributed by atoms with Gasteiger partial charge in [-0.05, 0) is 37.4 Å². The number of methoxy groups -OCH3 is 1. The van der Waals surface area contributed by atoms with Crippen LogP contribution in [-0.4, -0.2) is 36.3 Å². The second kappa shape index (κ2) is 9.44. The molecule has 0 fully saturated rings. The SMILES string of the molecule is CCCC(CCO)CNCc1ccc(C(=O)OC)cn1. The molecule has 0 saturated heterocycles. The lowest BCUT2D eigenvalue weighted by Gasteiger charge is -2.15. The fourth-order valence-electron chi connectivity index (χ4n) is 2.11. The number of aliphatic hydroxyl groups is 1. The molecule has 0 aliphatic carbocycles. The maximum Gasteiger partial charge on any atom is 0.339 e. The van der Waals surface area contributed by atoms with Crippen LogP contribution in [0.4, 0.5) is 0 Å². The number of carbonyl (C=O) groups is 1. The van der Waals surface area contributed by atoms with Crippen LogP contribution in [0.3, 0.4) is 0 Å². The predicted molar refractivity (Wildman–Crippen MR) is 77.4 cm³/mol. The summed E-state index contributed by atoms with van der Waals surface area (Å²) in [5, 5.41) is 12.3. The first-order valence-electron chi connectivity index (χ1n) is 7.06. The van der Waals surface area contributed by atoms with E-state index in [1.165, 1.54) is 13.3 Å². The number of hydrogen-bond donors (Lipinski definition) is 2. The minimum Gasteiger partial charge on any atom is -0.465 e. The van der Waals surface area contributed by atoms with Gasteiger partial charge in [-0.25, -0.2) is 4.79 Å². The maximum atomic E-state index is 11.3. The lowest BCUT2D eigenvalue weighted by molar-refractivity contribution is 0.0600. The molecule has 1 rings (SSSR count). The summed E-state index contributed by atoms with van der Waals surface area (Å²) in [6.45, 7) is 3.91. The van der Waals surface area contributed by atoms with Crippen LogP contribution in [0.15, 0.2) is 18.3 Å². The van der Waals surface area contributed by atoms with E-state index in [-0.39, 0.29) is 12.6 Å². The molecular formula is C15H24N2O3. The molecule has 0 amide bonds. The van der Waals surface area contributed by atoms with Crippen LogP contribution in [-0.2, 0) is 11.3 Å². The fourth-order valence-corrected chi connectivity index (χ4v) is 2.11. The minimum absolute atomic E-state index is 0.235. The molecule has 0 bridgehead atoms. The van der Waals surface area contributed by atoms with Crippen LogP contribution in [0.5, 0.6) is 0 Å². The molecule has 1 heterocycles. The maximum absolute atomic E-state index is 11.3. The fraction of sp³-hybridized carbons (Fsp3) is 0.600. The Balaban J connectivity index is 2.39. The van der Waals surface area contributed by atoms with Crippen molar-refractivity contribution < 1.29 is 14.6 Å². The highest BCUT2D eigenvalue weighted by molar-refractivity contribution is 5.88. The summed E-state index contributed by atoms with van der Waals surface area (Å²) >= 11 is 0. The molecule has 0 saturated carbocycles. The topological polar surface area (TPSA) is 71.5 Å². The quantitative estimate of drug-likeness (QED) is 0.674. The Morgan fingerprint density at radius 3 is 2.80 bits per heavy atom. The molecule has 1 aromatic heterocycles. The monoisotopic (exact) mass is 280 g/mol. The predicted octanol–water partition coefficient (Wildman–Crippen LogP) is 1.76. The van der Waals surface area contributed by atoms with Gasteiger partial charge in [0, 0.05) is 19.3 Å². The molecule has 1 aromatic rings. The molecule has 0 aliphatic heterocycles. The Morgan fingerprint density at radius 1 is 1.45 bits per heavy atom. The number of hydrogen-bond acceptors (Lipinski definition) is 5. The molecule has 2 N–H and O–H groups in total. The third-order valence-electron chi connectivity index (χ3n) is 3.22. The third-order valence-corrected chi connectivity index (χ3v) is 3.22. The van der Waals surface area contributed by atoms with E-state index in [0.717, 1.165) is 31.5 Å². The third kappa shape index (κ3) is 5.67. The van der Waals surface area contributed by atoms with E-state index in [4.69, 9.17) is 5.11 Å². The summed E-state index contributed by atoms with van der Waals surface area (Å²) in [5.74, 6) is 0.127. The van der Waals surface area contributed by atoms with Crippen molar-refractivity contribution in [2.24, 2.45) is 5.92 Å². The molecule has 1 unspecified atom stereocenters. The Labute approximate surface area is 120 Å². The molecule has 0 spiro atoms. The molecule has 1 atom stereocenters. The number of nitrogens with zero attached hydrogens (tertiary/aromatic N) is 1. The second-order valence-electron chi connectivity index (χ2n) is 4.83. The van der Waals surface area contributed by atoms with E-state index in [1.54, 1.807) is 6.07 Å². The molecule has 0 aromatic carbocycles. The average Bonchev–Trinajstić information content (AvgIpc) is 2.47. The molecule has 5 heteroatoms. The molecule has 0 radical (unpaired) electrons. The van der Waals surface area contributed by atoms with Gasteiger partial charge < -0.3 is 15.2 Å². The van der Waals surface area contributed by atoms with Crippen LogP contribution >= 0.6 is 0 Å². The number of ether oxygens (including phenoxy) is 1. The van der Waals surface area contributed by atoms with Crippen molar-refractivity contribution in [2.45, 2.75) is 32.7 Å². The standard InChI is InChI=1S/C15H24N2O3/c1-3-4-12(7-8-18)9-16-11-14-6-5-13(10-17-14)15(19)20-2/h5-6,10,12,16,18H,3-4,7-9,11H2,1-2H3. The van der Waals surface area contributed by atoms with Crippen molar-refractivity contribution in [3.63, 3.8) is 0 Å². The zero-order chi connectivity index (χ0) is 14.8. The average molecular weight is 280 g/mol. The van der Waals surface area contributed by atoms with Crippen molar-refractivity contribution in [1.82, 2.24) is 10.3 Å². The Kier molecular flexibility index (Phi) is 7.84. The summed E-state index contributed by atoms with van der Waals surface area (Å²) < 4.78 is 4.62. The van der Waals surface area contributed by atoms with Gasteiger partial charge in [0.05, 0.1) is 18.4 Å². The first-order chi connectivity index (χ1) is 9.71. The first-order valence-corrected chi connectivity index (χ1v) is 7.06. The van der Waals surface area contributed by atoms with Gasteiger partial charge in [0.1, 0.15) is 0 Å². The summed E-state index contributed by atoms with van der Waals surface area (Å²) in [4.78, 5) is 15.5.